The van der Waals surface area contributed by atoms with Gasteiger partial charge in [0.15, 0.2) is 0 Å². The molecular formula is C41H28. The van der Waals surface area contributed by atoms with E-state index in [1.165, 1.54) is 82.0 Å². The Balaban J connectivity index is 1.42. The van der Waals surface area contributed by atoms with E-state index in [9.17, 15) is 0 Å². The molecule has 0 saturated heterocycles. The molecule has 41 heavy (non-hydrogen) atoms. The predicted molar refractivity (Wildman–Crippen MR) is 178 cm³/mol. The summed E-state index contributed by atoms with van der Waals surface area (Å²) in [6.45, 7) is 2.26. The van der Waals surface area contributed by atoms with Gasteiger partial charge >= 0.3 is 0 Å². The topological polar surface area (TPSA) is 0 Å². The first kappa shape index (κ1) is 23.7. The van der Waals surface area contributed by atoms with E-state index in [-0.39, 0.29) is 0 Å². The zero-order valence-electron chi connectivity index (χ0n) is 22.9. The maximum atomic E-state index is 2.36. The van der Waals surface area contributed by atoms with Crippen molar-refractivity contribution in [3.63, 3.8) is 0 Å². The van der Waals surface area contributed by atoms with Crippen molar-refractivity contribution in [1.29, 1.82) is 0 Å². The van der Waals surface area contributed by atoms with E-state index >= 15 is 0 Å². The molecule has 0 bridgehead atoms. The van der Waals surface area contributed by atoms with Crippen LogP contribution in [0.5, 0.6) is 0 Å². The van der Waals surface area contributed by atoms with Crippen LogP contribution >= 0.6 is 0 Å². The molecule has 0 radical (unpaired) electrons. The molecule has 8 aromatic rings. The van der Waals surface area contributed by atoms with E-state index in [0.717, 1.165) is 0 Å². The standard InChI is InChI=1S/C41H28/c1-27-26-30(34-22-10-14-28-12-2-4-16-32(28)34)24-25-31(27)40-36-18-6-8-20-38(36)41(39-21-9-7-19-37(39)40)35-23-11-15-29-13-3-5-17-33(29)35/h2-26H,1H3. The summed E-state index contributed by atoms with van der Waals surface area (Å²) < 4.78 is 0. The number of aryl methyl sites for hydroxylation is 1. The van der Waals surface area contributed by atoms with Crippen LogP contribution in [0, 0.1) is 6.92 Å². The summed E-state index contributed by atoms with van der Waals surface area (Å²) >= 11 is 0. The van der Waals surface area contributed by atoms with Crippen LogP contribution in [-0.2, 0) is 0 Å². The van der Waals surface area contributed by atoms with Crippen molar-refractivity contribution in [2.45, 2.75) is 6.92 Å². The highest BCUT2D eigenvalue weighted by Crippen LogP contribution is 2.46. The van der Waals surface area contributed by atoms with Crippen LogP contribution in [-0.4, -0.2) is 0 Å². The Morgan fingerprint density at radius 1 is 0.317 bits per heavy atom. The van der Waals surface area contributed by atoms with E-state index in [1.807, 2.05) is 0 Å². The maximum absolute atomic E-state index is 2.36. The van der Waals surface area contributed by atoms with E-state index < -0.39 is 0 Å². The minimum atomic E-state index is 1.25. The average molecular weight is 521 g/mol. The third-order valence-electron chi connectivity index (χ3n) is 8.59. The van der Waals surface area contributed by atoms with Gasteiger partial charge in [0.05, 0.1) is 0 Å². The molecule has 0 aliphatic rings. The fourth-order valence-corrected chi connectivity index (χ4v) is 6.74. The van der Waals surface area contributed by atoms with Gasteiger partial charge in [-0.25, -0.2) is 0 Å². The van der Waals surface area contributed by atoms with Gasteiger partial charge in [-0.3, -0.25) is 0 Å². The van der Waals surface area contributed by atoms with Crippen molar-refractivity contribution in [3.05, 3.63) is 157 Å². The highest BCUT2D eigenvalue weighted by Gasteiger charge is 2.19. The van der Waals surface area contributed by atoms with Crippen LogP contribution in [0.25, 0.3) is 76.5 Å². The van der Waals surface area contributed by atoms with Gasteiger partial charge in [0.25, 0.3) is 0 Å². The Kier molecular flexibility index (Phi) is 5.47. The smallest absolute Gasteiger partial charge is 0.00201 e. The monoisotopic (exact) mass is 520 g/mol. The second kappa shape index (κ2) is 9.47. The van der Waals surface area contributed by atoms with Crippen molar-refractivity contribution < 1.29 is 0 Å². The molecule has 8 rings (SSSR count). The minimum Gasteiger partial charge on any atom is -0.0616 e. The quantitative estimate of drug-likeness (QED) is 0.203. The largest absolute Gasteiger partial charge is 0.0616 e. The first-order valence-corrected chi connectivity index (χ1v) is 14.3. The molecule has 0 saturated carbocycles. The Labute approximate surface area is 240 Å². The van der Waals surface area contributed by atoms with Crippen LogP contribution < -0.4 is 0 Å². The lowest BCUT2D eigenvalue weighted by Gasteiger charge is -2.20. The van der Waals surface area contributed by atoms with Crippen molar-refractivity contribution in [2.75, 3.05) is 0 Å². The summed E-state index contributed by atoms with van der Waals surface area (Å²) in [4.78, 5) is 0. The second-order valence-electron chi connectivity index (χ2n) is 10.9. The van der Waals surface area contributed by atoms with Gasteiger partial charge in [0.2, 0.25) is 0 Å². The number of fused-ring (bicyclic) bond motifs is 4. The van der Waals surface area contributed by atoms with Gasteiger partial charge in [0, 0.05) is 0 Å². The molecule has 0 unspecified atom stereocenters. The summed E-state index contributed by atoms with van der Waals surface area (Å²) in [5, 5.41) is 10.3. The Bertz CT molecular complexity index is 2200. The summed E-state index contributed by atoms with van der Waals surface area (Å²) in [6.07, 6.45) is 0. The molecule has 0 aliphatic carbocycles. The summed E-state index contributed by atoms with van der Waals surface area (Å²) in [7, 11) is 0. The molecule has 0 fully saturated rings. The summed E-state index contributed by atoms with van der Waals surface area (Å²) in [5.74, 6) is 0. The third kappa shape index (κ3) is 3.76. The third-order valence-corrected chi connectivity index (χ3v) is 8.59. The van der Waals surface area contributed by atoms with Crippen LogP contribution in [0.2, 0.25) is 0 Å². The molecule has 0 amide bonds. The average Bonchev–Trinajstić information content (AvgIpc) is 3.03. The van der Waals surface area contributed by atoms with Gasteiger partial charge in [-0.2, -0.15) is 0 Å². The van der Waals surface area contributed by atoms with Crippen molar-refractivity contribution >= 4 is 43.1 Å². The Hall–Kier alpha value is -5.20. The van der Waals surface area contributed by atoms with Crippen LogP contribution in [0.4, 0.5) is 0 Å². The number of benzene rings is 8. The lowest BCUT2D eigenvalue weighted by Crippen LogP contribution is -1.93. The zero-order chi connectivity index (χ0) is 27.3. The summed E-state index contributed by atoms with van der Waals surface area (Å²) in [6, 6.07) is 55.5. The zero-order valence-corrected chi connectivity index (χ0v) is 22.9. The van der Waals surface area contributed by atoms with Gasteiger partial charge in [-0.05, 0) is 89.0 Å². The fraction of sp³-hybridized carbons (Fsp3) is 0.0244. The SMILES string of the molecule is Cc1cc(-c2cccc3ccccc23)ccc1-c1c2ccccc2c(-c2cccc3ccccc23)c2ccccc12. The molecule has 0 heteroatoms. The number of hydrogen-bond donors (Lipinski definition) is 0. The van der Waals surface area contributed by atoms with Gasteiger partial charge in [-0.15, -0.1) is 0 Å². The van der Waals surface area contributed by atoms with E-state index in [0.29, 0.717) is 0 Å². The van der Waals surface area contributed by atoms with Crippen molar-refractivity contribution in [1.82, 2.24) is 0 Å². The van der Waals surface area contributed by atoms with Gasteiger partial charge < -0.3 is 0 Å². The molecule has 0 aliphatic heterocycles. The molecule has 0 heterocycles. The summed E-state index contributed by atoms with van der Waals surface area (Å²) in [5.41, 5.74) is 8.99. The highest BCUT2D eigenvalue weighted by molar-refractivity contribution is 6.23. The molecule has 0 N–H and O–H groups in total. The van der Waals surface area contributed by atoms with Crippen LogP contribution in [0.1, 0.15) is 5.56 Å². The van der Waals surface area contributed by atoms with Gasteiger partial charge in [0.1, 0.15) is 0 Å². The van der Waals surface area contributed by atoms with E-state index in [1.54, 1.807) is 0 Å². The number of rotatable bonds is 3. The lowest BCUT2D eigenvalue weighted by atomic mass is 9.83. The normalized spacial score (nSPS) is 11.5. The Morgan fingerprint density at radius 2 is 0.732 bits per heavy atom. The van der Waals surface area contributed by atoms with E-state index in [4.69, 9.17) is 0 Å². The maximum Gasteiger partial charge on any atom is -0.00201 e. The first-order chi connectivity index (χ1) is 20.3. The lowest BCUT2D eigenvalue weighted by molar-refractivity contribution is 1.47. The molecule has 0 atom stereocenters. The molecule has 192 valence electrons. The van der Waals surface area contributed by atoms with Crippen molar-refractivity contribution in [2.24, 2.45) is 0 Å². The van der Waals surface area contributed by atoms with E-state index in [2.05, 4.69) is 159 Å². The van der Waals surface area contributed by atoms with Crippen LogP contribution in [0.15, 0.2) is 152 Å². The molecule has 8 aromatic carbocycles. The predicted octanol–water partition coefficient (Wildman–Crippen LogP) is 11.6. The molecule has 0 aromatic heterocycles. The van der Waals surface area contributed by atoms with Crippen LogP contribution in [0.3, 0.4) is 0 Å². The second-order valence-corrected chi connectivity index (χ2v) is 10.9. The Morgan fingerprint density at radius 3 is 1.27 bits per heavy atom. The molecule has 0 nitrogen and oxygen atoms in total. The highest BCUT2D eigenvalue weighted by atomic mass is 14.2. The first-order valence-electron chi connectivity index (χ1n) is 14.3. The molecular weight excluding hydrogens is 492 g/mol. The van der Waals surface area contributed by atoms with Crippen molar-refractivity contribution in [3.8, 4) is 33.4 Å². The van der Waals surface area contributed by atoms with Gasteiger partial charge in [-0.1, -0.05) is 152 Å². The minimum absolute atomic E-state index is 1.25. The number of hydrogen-bond acceptors (Lipinski definition) is 0. The molecule has 0 spiro atoms. The fourth-order valence-electron chi connectivity index (χ4n) is 6.74.